The monoisotopic (exact) mass is 614 g/mol. The maximum absolute atomic E-state index is 13.4. The number of unbranched alkanes of at least 4 members (excludes halogenated alkanes) is 2. The number of hydrogen-bond donors (Lipinski definition) is 2. The summed E-state index contributed by atoms with van der Waals surface area (Å²) >= 11 is 0. The predicted molar refractivity (Wildman–Crippen MR) is 144 cm³/mol. The van der Waals surface area contributed by atoms with Crippen LogP contribution in [0.25, 0.3) is 0 Å². The van der Waals surface area contributed by atoms with E-state index in [0.29, 0.717) is 37.6 Å². The van der Waals surface area contributed by atoms with Crippen molar-refractivity contribution >= 4 is 11.6 Å². The summed E-state index contributed by atoms with van der Waals surface area (Å²) < 4.78 is 37.8. The standard InChI is InChI=1S/C31H40F2N2O4.2ClH/c32-28-10-6-24(7-11-28)30(36)26(22-34-14-18-38-19-15-34)4-2-1-3-5-27(23-35-16-20-39-21-17-35)31(37)25-8-12-29(33)13-9-25;;/h6-13,26-27H,1-5,14-23H2;2*1H. The fourth-order valence-electron chi connectivity index (χ4n) is 5.73. The molecule has 4 rings (SSSR count). The van der Waals surface area contributed by atoms with Crippen LogP contribution >= 0.6 is 0 Å². The minimum absolute atomic E-state index is 0. The largest absolute Gasteiger partial charge is 1.00 e. The van der Waals surface area contributed by atoms with Gasteiger partial charge in [0.05, 0.1) is 51.4 Å². The van der Waals surface area contributed by atoms with Crippen molar-refractivity contribution in [2.75, 3.05) is 65.7 Å². The Hall–Kier alpha value is -1.94. The topological polar surface area (TPSA) is 61.5 Å². The van der Waals surface area contributed by atoms with E-state index in [4.69, 9.17) is 9.47 Å². The molecule has 10 heteroatoms. The molecule has 2 aromatic rings. The van der Waals surface area contributed by atoms with Gasteiger partial charge in [-0.15, -0.1) is 0 Å². The fraction of sp³-hybridized carbons (Fsp3) is 0.548. The molecule has 0 amide bonds. The molecule has 0 radical (unpaired) electrons. The van der Waals surface area contributed by atoms with E-state index in [2.05, 4.69) is 0 Å². The van der Waals surface area contributed by atoms with Gasteiger partial charge in [0, 0.05) is 11.1 Å². The summed E-state index contributed by atoms with van der Waals surface area (Å²) in [5, 5.41) is 0. The van der Waals surface area contributed by atoms with Crippen molar-refractivity contribution in [3.05, 3.63) is 71.3 Å². The van der Waals surface area contributed by atoms with Crippen LogP contribution < -0.4 is 34.6 Å². The molecule has 2 atom stereocenters. The van der Waals surface area contributed by atoms with E-state index in [1.54, 1.807) is 24.3 Å². The zero-order chi connectivity index (χ0) is 27.5. The van der Waals surface area contributed by atoms with Gasteiger partial charge in [-0.05, 0) is 61.4 Å². The second kappa shape index (κ2) is 18.6. The molecule has 2 aromatic carbocycles. The molecule has 2 fully saturated rings. The predicted octanol–water partition coefficient (Wildman–Crippen LogP) is -3.95. The average molecular weight is 616 g/mol. The maximum Gasteiger partial charge on any atom is 0.171 e. The van der Waals surface area contributed by atoms with Crippen molar-refractivity contribution in [2.24, 2.45) is 11.8 Å². The van der Waals surface area contributed by atoms with E-state index in [1.165, 1.54) is 34.1 Å². The zero-order valence-corrected chi connectivity index (χ0v) is 25.0. The molecule has 2 aliphatic heterocycles. The first-order valence-electron chi connectivity index (χ1n) is 14.4. The van der Waals surface area contributed by atoms with Gasteiger partial charge in [-0.1, -0.05) is 19.3 Å². The lowest BCUT2D eigenvalue weighted by atomic mass is 9.89. The maximum atomic E-state index is 13.4. The molecular weight excluding hydrogens is 573 g/mol. The number of halogens is 4. The summed E-state index contributed by atoms with van der Waals surface area (Å²) in [4.78, 5) is 29.4. The van der Waals surface area contributed by atoms with Gasteiger partial charge >= 0.3 is 0 Å². The van der Waals surface area contributed by atoms with Crippen molar-refractivity contribution in [1.29, 1.82) is 0 Å². The molecule has 2 unspecified atom stereocenters. The fourth-order valence-corrected chi connectivity index (χ4v) is 5.73. The van der Waals surface area contributed by atoms with Gasteiger partial charge in [0.25, 0.3) is 0 Å². The minimum atomic E-state index is -0.342. The SMILES string of the molecule is O=C(c1ccc(F)cc1)C(CCCCCC(C[NH+]1CCOCC1)C(=O)c1ccc(F)cc1)C[NH+]1CCOCC1.[Cl-].[Cl-]. The van der Waals surface area contributed by atoms with E-state index in [1.807, 2.05) is 0 Å². The van der Waals surface area contributed by atoms with Crippen LogP contribution in [0.1, 0.15) is 52.8 Å². The Morgan fingerprint density at radius 3 is 1.29 bits per heavy atom. The molecule has 2 aliphatic rings. The molecule has 0 aliphatic carbocycles. The van der Waals surface area contributed by atoms with Crippen molar-refractivity contribution in [2.45, 2.75) is 32.1 Å². The van der Waals surface area contributed by atoms with Crippen molar-refractivity contribution < 1.29 is 62.5 Å². The molecule has 2 saturated heterocycles. The number of carbonyl (C=O) groups excluding carboxylic acids is 2. The van der Waals surface area contributed by atoms with E-state index in [-0.39, 0.29) is 59.9 Å². The lowest BCUT2D eigenvalue weighted by Crippen LogP contribution is -3.14. The second-order valence-electron chi connectivity index (χ2n) is 10.9. The van der Waals surface area contributed by atoms with E-state index in [9.17, 15) is 18.4 Å². The number of nitrogens with one attached hydrogen (secondary N) is 2. The number of rotatable bonds is 14. The van der Waals surface area contributed by atoms with Crippen LogP contribution in [0.15, 0.2) is 48.5 Å². The van der Waals surface area contributed by atoms with Gasteiger partial charge in [0.2, 0.25) is 0 Å². The van der Waals surface area contributed by atoms with E-state index >= 15 is 0 Å². The molecule has 6 nitrogen and oxygen atoms in total. The number of hydrogen-bond acceptors (Lipinski definition) is 4. The van der Waals surface area contributed by atoms with Gasteiger partial charge in [0.1, 0.15) is 37.8 Å². The van der Waals surface area contributed by atoms with Crippen molar-refractivity contribution in [3.63, 3.8) is 0 Å². The van der Waals surface area contributed by atoms with Gasteiger partial charge < -0.3 is 44.1 Å². The highest BCUT2D eigenvalue weighted by molar-refractivity contribution is 5.98. The van der Waals surface area contributed by atoms with Crippen LogP contribution in [-0.2, 0) is 9.47 Å². The van der Waals surface area contributed by atoms with Gasteiger partial charge in [-0.3, -0.25) is 9.59 Å². The number of quaternary nitrogens is 2. The molecule has 0 spiro atoms. The highest BCUT2D eigenvalue weighted by atomic mass is 35.5. The summed E-state index contributed by atoms with van der Waals surface area (Å²) in [6.07, 6.45) is 4.25. The molecule has 2 heterocycles. The summed E-state index contributed by atoms with van der Waals surface area (Å²) in [5.74, 6) is -0.782. The van der Waals surface area contributed by atoms with E-state index < -0.39 is 0 Å². The number of carbonyl (C=O) groups is 2. The number of morpholine rings is 2. The first-order valence-corrected chi connectivity index (χ1v) is 14.4. The summed E-state index contributed by atoms with van der Waals surface area (Å²) in [7, 11) is 0. The molecule has 41 heavy (non-hydrogen) atoms. The normalized spacial score (nSPS) is 17.6. The Bertz CT molecular complexity index is 964. The quantitative estimate of drug-likeness (QED) is 0.169. The average Bonchev–Trinajstić information content (AvgIpc) is 2.97. The molecular formula is C31H42Cl2F2N2O4. The summed E-state index contributed by atoms with van der Waals surface area (Å²) in [6.45, 7) is 7.92. The molecule has 0 saturated carbocycles. The number of ether oxygens (including phenoxy) is 2. The molecule has 0 aromatic heterocycles. The minimum Gasteiger partial charge on any atom is -1.00 e. The first-order chi connectivity index (χ1) is 19.0. The van der Waals surface area contributed by atoms with E-state index in [0.717, 1.165) is 71.4 Å². The highest BCUT2D eigenvalue weighted by Crippen LogP contribution is 2.20. The Kier molecular flexibility index (Phi) is 16.0. The Morgan fingerprint density at radius 1 is 0.610 bits per heavy atom. The van der Waals surface area contributed by atoms with Crippen LogP contribution in [0.2, 0.25) is 0 Å². The Balaban J connectivity index is 0.00000294. The van der Waals surface area contributed by atoms with Crippen LogP contribution in [0, 0.1) is 23.5 Å². The first kappa shape index (κ1) is 35.3. The Morgan fingerprint density at radius 2 is 0.951 bits per heavy atom. The summed E-state index contributed by atoms with van der Waals surface area (Å²) in [5.41, 5.74) is 1.13. The number of Topliss-reactive ketones (excluding diaryl/α,β-unsaturated/α-hetero) is 2. The van der Waals surface area contributed by atoms with Gasteiger partial charge in [-0.2, -0.15) is 0 Å². The second-order valence-corrected chi connectivity index (χ2v) is 10.9. The molecule has 228 valence electrons. The highest BCUT2D eigenvalue weighted by Gasteiger charge is 2.28. The Labute approximate surface area is 254 Å². The lowest BCUT2D eigenvalue weighted by Gasteiger charge is -2.28. The van der Waals surface area contributed by atoms with Crippen LogP contribution in [0.4, 0.5) is 8.78 Å². The third-order valence-corrected chi connectivity index (χ3v) is 8.07. The molecule has 2 N–H and O–H groups in total. The summed E-state index contributed by atoms with van der Waals surface area (Å²) in [6, 6.07) is 11.7. The third-order valence-electron chi connectivity index (χ3n) is 8.07. The van der Waals surface area contributed by atoms with Crippen LogP contribution in [0.5, 0.6) is 0 Å². The van der Waals surface area contributed by atoms with Crippen molar-refractivity contribution in [1.82, 2.24) is 0 Å². The molecule has 0 bridgehead atoms. The number of benzene rings is 2. The zero-order valence-electron chi connectivity index (χ0n) is 23.5. The van der Waals surface area contributed by atoms with Crippen molar-refractivity contribution in [3.8, 4) is 0 Å². The number of ketones is 2. The van der Waals surface area contributed by atoms with Crippen LogP contribution in [0.3, 0.4) is 0 Å². The smallest absolute Gasteiger partial charge is 0.171 e. The van der Waals surface area contributed by atoms with Gasteiger partial charge in [0.15, 0.2) is 11.6 Å². The van der Waals surface area contributed by atoms with Gasteiger partial charge in [-0.25, -0.2) is 8.78 Å². The lowest BCUT2D eigenvalue weighted by molar-refractivity contribution is -0.910. The van der Waals surface area contributed by atoms with Crippen LogP contribution in [-0.4, -0.2) is 77.3 Å². The third kappa shape index (κ3) is 11.3.